The Kier molecular flexibility index (Phi) is 6.04. The monoisotopic (exact) mass is 390 g/mol. The lowest BCUT2D eigenvalue weighted by Crippen LogP contribution is -2.39. The Morgan fingerprint density at radius 1 is 1.21 bits per heavy atom. The molecule has 0 saturated carbocycles. The Morgan fingerprint density at radius 3 is 2.57 bits per heavy atom. The van der Waals surface area contributed by atoms with Crippen LogP contribution in [-0.2, 0) is 11.2 Å². The van der Waals surface area contributed by atoms with E-state index in [-0.39, 0.29) is 18.7 Å². The Bertz CT molecular complexity index is 979. The van der Waals surface area contributed by atoms with Crippen molar-refractivity contribution >= 4 is 16.8 Å². The second kappa shape index (κ2) is 8.48. The summed E-state index contributed by atoms with van der Waals surface area (Å²) in [6, 6.07) is 8.09. The Balaban J connectivity index is 1.97. The molecule has 1 aromatic heterocycles. The zero-order valence-electron chi connectivity index (χ0n) is 15.4. The molecule has 0 saturated heterocycles. The zero-order valence-corrected chi connectivity index (χ0v) is 15.4. The summed E-state index contributed by atoms with van der Waals surface area (Å²) in [6.07, 6.45) is 0.305. The molecule has 3 N–H and O–H groups in total. The van der Waals surface area contributed by atoms with Crippen molar-refractivity contribution in [1.29, 1.82) is 0 Å². The predicted octanol–water partition coefficient (Wildman–Crippen LogP) is 3.80. The molecule has 148 valence electrons. The molecule has 3 aromatic rings. The van der Waals surface area contributed by atoms with Gasteiger partial charge >= 0.3 is 0 Å². The van der Waals surface area contributed by atoms with Crippen molar-refractivity contribution in [3.63, 3.8) is 0 Å². The zero-order chi connectivity index (χ0) is 20.3. The molecule has 0 aliphatic heterocycles. The molecule has 2 aromatic carbocycles. The quantitative estimate of drug-likeness (QED) is 0.575. The largest absolute Gasteiger partial charge is 0.394 e. The molecule has 0 bridgehead atoms. The number of nitrogens with one attached hydrogen (secondary N) is 2. The first-order valence-electron chi connectivity index (χ1n) is 8.95. The summed E-state index contributed by atoms with van der Waals surface area (Å²) in [6.45, 7) is 0.428. The van der Waals surface area contributed by atoms with Crippen LogP contribution in [0.1, 0.15) is 17.5 Å². The number of aliphatic hydroxyl groups is 1. The molecule has 7 heteroatoms. The maximum atomic E-state index is 14.4. The van der Waals surface area contributed by atoms with Gasteiger partial charge in [0.05, 0.1) is 18.2 Å². The van der Waals surface area contributed by atoms with E-state index in [0.717, 1.165) is 11.1 Å². The summed E-state index contributed by atoms with van der Waals surface area (Å²) < 4.78 is 40.4. The van der Waals surface area contributed by atoms with Crippen molar-refractivity contribution < 1.29 is 23.1 Å². The van der Waals surface area contributed by atoms with Crippen LogP contribution in [0.4, 0.5) is 13.2 Å². The number of H-pyrrole nitrogens is 1. The van der Waals surface area contributed by atoms with Gasteiger partial charge < -0.3 is 15.4 Å². The van der Waals surface area contributed by atoms with Crippen LogP contribution in [0.2, 0.25) is 0 Å². The lowest BCUT2D eigenvalue weighted by molar-refractivity contribution is -0.122. The van der Waals surface area contributed by atoms with Crippen molar-refractivity contribution in [3.05, 3.63) is 59.2 Å². The molecule has 1 atom stereocenters. The summed E-state index contributed by atoms with van der Waals surface area (Å²) in [4.78, 5) is 15.2. The molecular formula is C21H21F3N2O2. The number of aryl methyl sites for hydroxylation is 2. The van der Waals surface area contributed by atoms with Gasteiger partial charge in [-0.15, -0.1) is 0 Å². The number of carbonyl (C=O) groups excluding carboxylic acids is 1. The van der Waals surface area contributed by atoms with Crippen molar-refractivity contribution in [3.8, 4) is 11.3 Å². The minimum absolute atomic E-state index is 0.0349. The van der Waals surface area contributed by atoms with Gasteiger partial charge in [-0.3, -0.25) is 4.79 Å². The van der Waals surface area contributed by atoms with E-state index in [1.54, 1.807) is 19.1 Å². The molecule has 0 fully saturated rings. The van der Waals surface area contributed by atoms with Crippen LogP contribution < -0.4 is 5.32 Å². The van der Waals surface area contributed by atoms with E-state index in [9.17, 15) is 18.0 Å². The molecule has 3 rings (SSSR count). The van der Waals surface area contributed by atoms with Gasteiger partial charge in [0.25, 0.3) is 0 Å². The molecule has 28 heavy (non-hydrogen) atoms. The number of aliphatic hydroxyl groups excluding tert-OH is 1. The molecule has 4 nitrogen and oxygen atoms in total. The Hall–Kier alpha value is -2.80. The standard InChI is InChI=1S/C21H21F3N2O2/c1-12-8-17-16(6-7-19(28)25-15(10-22)11-27)20(26-21(17)18(24)9-12)13-2-4-14(23)5-3-13/h2-5,8-9,15,26-27H,6-7,10-11H2,1H3,(H,25,28). The van der Waals surface area contributed by atoms with Gasteiger partial charge in [-0.25, -0.2) is 13.2 Å². The Labute approximate surface area is 160 Å². The van der Waals surface area contributed by atoms with Crippen LogP contribution in [0, 0.1) is 18.6 Å². The van der Waals surface area contributed by atoms with Gasteiger partial charge in [0.1, 0.15) is 18.3 Å². The van der Waals surface area contributed by atoms with E-state index < -0.39 is 31.0 Å². The van der Waals surface area contributed by atoms with Crippen LogP contribution in [0.15, 0.2) is 36.4 Å². The lowest BCUT2D eigenvalue weighted by Gasteiger charge is -2.12. The number of carbonyl (C=O) groups is 1. The number of amides is 1. The second-order valence-corrected chi connectivity index (χ2v) is 6.76. The molecule has 1 amide bonds. The third-order valence-electron chi connectivity index (χ3n) is 4.62. The van der Waals surface area contributed by atoms with Crippen molar-refractivity contribution in [1.82, 2.24) is 10.3 Å². The van der Waals surface area contributed by atoms with Gasteiger partial charge in [0.2, 0.25) is 5.91 Å². The van der Waals surface area contributed by atoms with Crippen LogP contribution in [0.3, 0.4) is 0 Å². The molecule has 0 spiro atoms. The smallest absolute Gasteiger partial charge is 0.220 e. The number of aromatic nitrogens is 1. The van der Waals surface area contributed by atoms with Crippen molar-refractivity contribution in [2.24, 2.45) is 0 Å². The minimum atomic E-state index is -0.938. The third kappa shape index (κ3) is 4.20. The van der Waals surface area contributed by atoms with Gasteiger partial charge in [-0.1, -0.05) is 0 Å². The summed E-state index contributed by atoms with van der Waals surface area (Å²) in [7, 11) is 0. The highest BCUT2D eigenvalue weighted by atomic mass is 19.1. The summed E-state index contributed by atoms with van der Waals surface area (Å²) in [5.41, 5.74) is 3.05. The van der Waals surface area contributed by atoms with E-state index in [1.165, 1.54) is 18.2 Å². The summed E-state index contributed by atoms with van der Waals surface area (Å²) in [5, 5.41) is 12.1. The number of benzene rings is 2. The van der Waals surface area contributed by atoms with Gasteiger partial charge in [0.15, 0.2) is 0 Å². The topological polar surface area (TPSA) is 65.1 Å². The minimum Gasteiger partial charge on any atom is -0.394 e. The average molecular weight is 390 g/mol. The van der Waals surface area contributed by atoms with E-state index in [2.05, 4.69) is 10.3 Å². The van der Waals surface area contributed by atoms with Gasteiger partial charge in [0, 0.05) is 17.5 Å². The lowest BCUT2D eigenvalue weighted by atomic mass is 10.00. The predicted molar refractivity (Wildman–Crippen MR) is 102 cm³/mol. The number of hydrogen-bond donors (Lipinski definition) is 3. The first kappa shape index (κ1) is 19.9. The second-order valence-electron chi connectivity index (χ2n) is 6.76. The van der Waals surface area contributed by atoms with Gasteiger partial charge in [-0.2, -0.15) is 0 Å². The molecule has 1 unspecified atom stereocenters. The summed E-state index contributed by atoms with van der Waals surface area (Å²) in [5.74, 6) is -1.21. The third-order valence-corrected chi connectivity index (χ3v) is 4.62. The van der Waals surface area contributed by atoms with E-state index >= 15 is 0 Å². The SMILES string of the molecule is Cc1cc(F)c2[nH]c(-c3ccc(F)cc3)c(CCC(=O)NC(CO)CF)c2c1. The average Bonchev–Trinajstić information content (AvgIpc) is 3.03. The van der Waals surface area contributed by atoms with Crippen molar-refractivity contribution in [2.75, 3.05) is 13.3 Å². The first-order valence-corrected chi connectivity index (χ1v) is 8.95. The van der Waals surface area contributed by atoms with E-state index in [1.807, 2.05) is 6.07 Å². The fraction of sp³-hybridized carbons (Fsp3) is 0.286. The normalized spacial score (nSPS) is 12.3. The maximum Gasteiger partial charge on any atom is 0.220 e. The van der Waals surface area contributed by atoms with Crippen LogP contribution >= 0.6 is 0 Å². The Morgan fingerprint density at radius 2 is 1.93 bits per heavy atom. The number of halogens is 3. The molecule has 0 aliphatic rings. The van der Waals surface area contributed by atoms with Crippen LogP contribution in [-0.4, -0.2) is 35.3 Å². The highest BCUT2D eigenvalue weighted by Crippen LogP contribution is 2.33. The number of aromatic amines is 1. The summed E-state index contributed by atoms with van der Waals surface area (Å²) >= 11 is 0. The fourth-order valence-electron chi connectivity index (χ4n) is 3.24. The number of fused-ring (bicyclic) bond motifs is 1. The molecular weight excluding hydrogens is 369 g/mol. The van der Waals surface area contributed by atoms with E-state index in [4.69, 9.17) is 5.11 Å². The van der Waals surface area contributed by atoms with Crippen molar-refractivity contribution in [2.45, 2.75) is 25.8 Å². The first-order chi connectivity index (χ1) is 13.4. The number of rotatable bonds is 7. The fourth-order valence-corrected chi connectivity index (χ4v) is 3.24. The molecule has 1 heterocycles. The van der Waals surface area contributed by atoms with Crippen LogP contribution in [0.25, 0.3) is 22.2 Å². The highest BCUT2D eigenvalue weighted by molar-refractivity contribution is 5.92. The molecule has 0 radical (unpaired) electrons. The van der Waals surface area contributed by atoms with Crippen LogP contribution in [0.5, 0.6) is 0 Å². The number of alkyl halides is 1. The number of hydrogen-bond acceptors (Lipinski definition) is 2. The van der Waals surface area contributed by atoms with Gasteiger partial charge in [-0.05, 0) is 66.4 Å². The van der Waals surface area contributed by atoms with E-state index in [0.29, 0.717) is 22.2 Å². The molecule has 0 aliphatic carbocycles. The maximum absolute atomic E-state index is 14.4. The highest BCUT2D eigenvalue weighted by Gasteiger charge is 2.18.